The second-order valence-corrected chi connectivity index (χ2v) is 9.18. The van der Waals surface area contributed by atoms with Gasteiger partial charge in [-0.25, -0.2) is 4.99 Å². The maximum Gasteiger partial charge on any atom is 0.228 e. The van der Waals surface area contributed by atoms with Gasteiger partial charge in [-0.2, -0.15) is 0 Å². The third-order valence-electron chi connectivity index (χ3n) is 5.99. The molecule has 1 heterocycles. The fourth-order valence-corrected chi connectivity index (χ4v) is 5.76. The summed E-state index contributed by atoms with van der Waals surface area (Å²) in [4.78, 5) is 19.6. The number of hydrogen-bond acceptors (Lipinski definition) is 3. The molecule has 2 aliphatic carbocycles. The Balaban J connectivity index is 1.49. The highest BCUT2D eigenvalue weighted by Gasteiger charge is 2.41. The minimum absolute atomic E-state index is 0.265. The van der Waals surface area contributed by atoms with Crippen LogP contribution in [0.1, 0.15) is 44.1 Å². The van der Waals surface area contributed by atoms with Gasteiger partial charge in [0, 0.05) is 23.7 Å². The van der Waals surface area contributed by atoms with Gasteiger partial charge in [-0.3, -0.25) is 9.69 Å². The smallest absolute Gasteiger partial charge is 0.228 e. The van der Waals surface area contributed by atoms with Gasteiger partial charge in [-0.15, -0.1) is 0 Å². The van der Waals surface area contributed by atoms with Crippen LogP contribution in [0.3, 0.4) is 0 Å². The molecule has 25 heavy (non-hydrogen) atoms. The monoisotopic (exact) mass is 376 g/mol. The maximum absolute atomic E-state index is 13.0. The van der Waals surface area contributed by atoms with Crippen molar-refractivity contribution in [3.63, 3.8) is 0 Å². The van der Waals surface area contributed by atoms with Gasteiger partial charge in [0.2, 0.25) is 5.91 Å². The Morgan fingerprint density at radius 3 is 2.96 bits per heavy atom. The summed E-state index contributed by atoms with van der Waals surface area (Å²) < 4.78 is 0. The summed E-state index contributed by atoms with van der Waals surface area (Å²) in [6.45, 7) is 2.78. The third-order valence-corrected chi connectivity index (χ3v) is 7.46. The van der Waals surface area contributed by atoms with Crippen LogP contribution < -0.4 is 0 Å². The van der Waals surface area contributed by atoms with Crippen molar-refractivity contribution < 1.29 is 4.79 Å². The number of aliphatic imine (C=N–C) groups is 1. The lowest BCUT2D eigenvalue weighted by Crippen LogP contribution is -2.40. The minimum atomic E-state index is 0.265. The number of amidine groups is 1. The molecule has 3 atom stereocenters. The van der Waals surface area contributed by atoms with Gasteiger partial charge in [0.15, 0.2) is 5.17 Å². The van der Waals surface area contributed by atoms with Crippen LogP contribution in [-0.4, -0.2) is 28.3 Å². The zero-order chi connectivity index (χ0) is 17.4. The predicted octanol–water partition coefficient (Wildman–Crippen LogP) is 5.43. The molecule has 0 radical (unpaired) electrons. The van der Waals surface area contributed by atoms with Crippen LogP contribution in [0.25, 0.3) is 0 Å². The maximum atomic E-state index is 13.0. The number of benzene rings is 1. The standard InChI is InChI=1S/C20H25ClN2OS/c1-13-3-6-17(12-18(13)21)22-20-23(7-2-8-25-20)19(24)11-16-10-14-4-5-15(16)9-14/h3,6,12,14-16H,2,4-5,7-11H2,1H3/t14-,15-,16-/m1/s1. The number of hydrogen-bond donors (Lipinski definition) is 0. The SMILES string of the molecule is Cc1ccc(N=C2SCCCN2C(=O)C[C@H]2C[C@@H]3CC[C@@H]2C3)cc1Cl. The molecule has 3 nitrogen and oxygen atoms in total. The second kappa shape index (κ2) is 7.32. The first kappa shape index (κ1) is 17.4. The number of carbonyl (C=O) groups is 1. The Morgan fingerprint density at radius 2 is 2.24 bits per heavy atom. The quantitative estimate of drug-likeness (QED) is 0.704. The molecule has 2 saturated carbocycles. The molecule has 134 valence electrons. The topological polar surface area (TPSA) is 32.7 Å². The van der Waals surface area contributed by atoms with Crippen molar-refractivity contribution >= 4 is 40.1 Å². The second-order valence-electron chi connectivity index (χ2n) is 7.71. The predicted molar refractivity (Wildman–Crippen MR) is 106 cm³/mol. The summed E-state index contributed by atoms with van der Waals surface area (Å²) >= 11 is 7.91. The van der Waals surface area contributed by atoms with Crippen LogP contribution in [-0.2, 0) is 4.79 Å². The van der Waals surface area contributed by atoms with Crippen molar-refractivity contribution in [2.24, 2.45) is 22.7 Å². The number of fused-ring (bicyclic) bond motifs is 2. The number of halogens is 1. The average Bonchev–Trinajstić information content (AvgIpc) is 3.21. The average molecular weight is 377 g/mol. The Hall–Kier alpha value is -1.00. The molecule has 4 rings (SSSR count). The Morgan fingerprint density at radius 1 is 1.36 bits per heavy atom. The van der Waals surface area contributed by atoms with Crippen molar-refractivity contribution in [2.45, 2.75) is 45.4 Å². The Bertz CT molecular complexity index is 705. The van der Waals surface area contributed by atoms with E-state index in [-0.39, 0.29) is 5.91 Å². The molecule has 3 fully saturated rings. The minimum Gasteiger partial charge on any atom is -0.291 e. The van der Waals surface area contributed by atoms with Gasteiger partial charge in [-0.1, -0.05) is 35.9 Å². The van der Waals surface area contributed by atoms with Crippen molar-refractivity contribution in [3.05, 3.63) is 28.8 Å². The van der Waals surface area contributed by atoms with Gasteiger partial charge >= 0.3 is 0 Å². The molecule has 0 N–H and O–H groups in total. The molecule has 1 aliphatic heterocycles. The van der Waals surface area contributed by atoms with Gasteiger partial charge in [0.1, 0.15) is 0 Å². The highest BCUT2D eigenvalue weighted by molar-refractivity contribution is 8.13. The normalized spacial score (nSPS) is 30.2. The summed E-state index contributed by atoms with van der Waals surface area (Å²) in [5, 5.41) is 1.57. The van der Waals surface area contributed by atoms with Crippen molar-refractivity contribution in [2.75, 3.05) is 12.3 Å². The van der Waals surface area contributed by atoms with E-state index in [1.807, 2.05) is 30.0 Å². The molecular weight excluding hydrogens is 352 g/mol. The summed E-state index contributed by atoms with van der Waals surface area (Å²) in [6.07, 6.45) is 7.08. The Labute approximate surface area is 159 Å². The number of thioether (sulfide) groups is 1. The molecule has 0 spiro atoms. The number of amides is 1. The zero-order valence-corrected chi connectivity index (χ0v) is 16.3. The number of aryl methyl sites for hydroxylation is 1. The summed E-state index contributed by atoms with van der Waals surface area (Å²) in [5.74, 6) is 3.58. The largest absolute Gasteiger partial charge is 0.291 e. The van der Waals surface area contributed by atoms with Crippen LogP contribution >= 0.6 is 23.4 Å². The molecule has 3 aliphatic rings. The first-order chi connectivity index (χ1) is 12.1. The summed E-state index contributed by atoms with van der Waals surface area (Å²) in [7, 11) is 0. The van der Waals surface area contributed by atoms with Crippen LogP contribution in [0.2, 0.25) is 5.02 Å². The van der Waals surface area contributed by atoms with Crippen LogP contribution in [0.4, 0.5) is 5.69 Å². The third kappa shape index (κ3) is 3.75. The van der Waals surface area contributed by atoms with Gasteiger partial charge < -0.3 is 0 Å². The van der Waals surface area contributed by atoms with Gasteiger partial charge in [0.05, 0.1) is 5.69 Å². The lowest BCUT2D eigenvalue weighted by atomic mass is 9.86. The molecule has 0 unspecified atom stereocenters. The first-order valence-electron chi connectivity index (χ1n) is 9.38. The molecule has 1 aromatic carbocycles. The number of carbonyl (C=O) groups excluding carboxylic acids is 1. The van der Waals surface area contributed by atoms with E-state index in [0.717, 1.165) is 52.0 Å². The van der Waals surface area contributed by atoms with Crippen molar-refractivity contribution in [1.29, 1.82) is 0 Å². The van der Waals surface area contributed by atoms with Crippen LogP contribution in [0.5, 0.6) is 0 Å². The molecule has 0 aromatic heterocycles. The van der Waals surface area contributed by atoms with Gasteiger partial charge in [-0.05, 0) is 68.1 Å². The zero-order valence-electron chi connectivity index (χ0n) is 14.7. The van der Waals surface area contributed by atoms with Gasteiger partial charge in [0.25, 0.3) is 0 Å². The van der Waals surface area contributed by atoms with E-state index in [9.17, 15) is 4.79 Å². The highest BCUT2D eigenvalue weighted by atomic mass is 35.5. The summed E-state index contributed by atoms with van der Waals surface area (Å²) in [6, 6.07) is 5.84. The molecule has 2 bridgehead atoms. The van der Waals surface area contributed by atoms with E-state index < -0.39 is 0 Å². The molecule has 5 heteroatoms. The van der Waals surface area contributed by atoms with Crippen molar-refractivity contribution in [1.82, 2.24) is 4.90 Å². The van der Waals surface area contributed by atoms with Crippen LogP contribution in [0, 0.1) is 24.7 Å². The number of rotatable bonds is 3. The molecule has 1 amide bonds. The Kier molecular flexibility index (Phi) is 5.10. The fraction of sp³-hybridized carbons (Fsp3) is 0.600. The first-order valence-corrected chi connectivity index (χ1v) is 10.7. The fourth-order valence-electron chi connectivity index (χ4n) is 4.61. The van der Waals surface area contributed by atoms with E-state index in [1.165, 1.54) is 25.7 Å². The molecule has 1 aromatic rings. The summed E-state index contributed by atoms with van der Waals surface area (Å²) in [5.41, 5.74) is 1.88. The van der Waals surface area contributed by atoms with E-state index in [4.69, 9.17) is 16.6 Å². The lowest BCUT2D eigenvalue weighted by Gasteiger charge is -2.30. The highest BCUT2D eigenvalue weighted by Crippen LogP contribution is 2.49. The van der Waals surface area contributed by atoms with E-state index >= 15 is 0 Å². The lowest BCUT2D eigenvalue weighted by molar-refractivity contribution is -0.128. The van der Waals surface area contributed by atoms with E-state index in [0.29, 0.717) is 12.3 Å². The van der Waals surface area contributed by atoms with E-state index in [1.54, 1.807) is 11.8 Å². The molecular formula is C20H25ClN2OS. The van der Waals surface area contributed by atoms with E-state index in [2.05, 4.69) is 0 Å². The van der Waals surface area contributed by atoms with Crippen LogP contribution in [0.15, 0.2) is 23.2 Å². The van der Waals surface area contributed by atoms with Crippen molar-refractivity contribution in [3.8, 4) is 0 Å². The number of nitrogens with zero attached hydrogens (tertiary/aromatic N) is 2. The molecule has 1 saturated heterocycles.